The number of carbonyl (C=O) groups is 1. The summed E-state index contributed by atoms with van der Waals surface area (Å²) in [6.07, 6.45) is 5.99. The number of hydrogen-bond donors (Lipinski definition) is 1. The Balaban J connectivity index is 1.57. The number of allylic oxidation sites excluding steroid dienone is 1. The minimum absolute atomic E-state index is 0.00852. The number of amides is 1. The van der Waals surface area contributed by atoms with Gasteiger partial charge in [-0.15, -0.1) is 29.3 Å². The Kier molecular flexibility index (Phi) is 5.99. The van der Waals surface area contributed by atoms with Crippen LogP contribution in [0.15, 0.2) is 40.1 Å². The van der Waals surface area contributed by atoms with Crippen molar-refractivity contribution in [2.24, 2.45) is 0 Å². The van der Waals surface area contributed by atoms with Crippen LogP contribution >= 0.6 is 34.4 Å². The summed E-state index contributed by atoms with van der Waals surface area (Å²) in [4.78, 5) is 33.4. The average molecular weight is 432 g/mol. The molecule has 0 unspecified atom stereocenters. The van der Waals surface area contributed by atoms with E-state index in [-0.39, 0.29) is 17.2 Å². The van der Waals surface area contributed by atoms with Gasteiger partial charge in [-0.2, -0.15) is 0 Å². The Bertz CT molecular complexity index is 1070. The van der Waals surface area contributed by atoms with Crippen molar-refractivity contribution >= 4 is 50.6 Å². The fourth-order valence-electron chi connectivity index (χ4n) is 3.40. The number of fused-ring (bicyclic) bond motifs is 3. The highest BCUT2D eigenvalue weighted by Crippen LogP contribution is 2.34. The first-order chi connectivity index (χ1) is 13.7. The van der Waals surface area contributed by atoms with E-state index in [1.165, 1.54) is 28.6 Å². The molecule has 1 amide bonds. The SMILES string of the molecule is C=CCn1c(SCC(=O)NCc2cccs2)nc2sc3c(c2c1=O)CCCC3. The Labute approximate surface area is 175 Å². The number of nitrogens with zero attached hydrogens (tertiary/aromatic N) is 2. The number of thioether (sulfide) groups is 1. The number of rotatable bonds is 7. The average Bonchev–Trinajstić information content (AvgIpc) is 3.34. The third kappa shape index (κ3) is 3.94. The molecule has 3 heterocycles. The normalized spacial score (nSPS) is 13.4. The summed E-state index contributed by atoms with van der Waals surface area (Å²) in [5, 5.41) is 6.26. The summed E-state index contributed by atoms with van der Waals surface area (Å²) in [6, 6.07) is 3.96. The molecular weight excluding hydrogens is 410 g/mol. The van der Waals surface area contributed by atoms with Crippen LogP contribution in [-0.4, -0.2) is 21.2 Å². The van der Waals surface area contributed by atoms with Crippen molar-refractivity contribution in [3.8, 4) is 0 Å². The molecule has 0 aliphatic heterocycles. The molecule has 0 radical (unpaired) electrons. The number of aromatic nitrogens is 2. The topological polar surface area (TPSA) is 64.0 Å². The fourth-order valence-corrected chi connectivity index (χ4v) is 6.19. The van der Waals surface area contributed by atoms with Crippen LogP contribution in [0.2, 0.25) is 0 Å². The van der Waals surface area contributed by atoms with Gasteiger partial charge < -0.3 is 5.32 Å². The van der Waals surface area contributed by atoms with Crippen molar-refractivity contribution in [1.82, 2.24) is 14.9 Å². The van der Waals surface area contributed by atoms with Crippen molar-refractivity contribution in [3.05, 3.63) is 55.8 Å². The zero-order chi connectivity index (χ0) is 19.5. The van der Waals surface area contributed by atoms with Gasteiger partial charge in [0.2, 0.25) is 5.91 Å². The van der Waals surface area contributed by atoms with Gasteiger partial charge in [0.05, 0.1) is 17.7 Å². The van der Waals surface area contributed by atoms with E-state index < -0.39 is 0 Å². The van der Waals surface area contributed by atoms with Crippen LogP contribution in [0.4, 0.5) is 0 Å². The van der Waals surface area contributed by atoms with Crippen molar-refractivity contribution in [3.63, 3.8) is 0 Å². The molecule has 0 saturated carbocycles. The molecule has 0 aromatic carbocycles. The van der Waals surface area contributed by atoms with Gasteiger partial charge in [0.25, 0.3) is 5.56 Å². The quantitative estimate of drug-likeness (QED) is 0.349. The predicted octanol–water partition coefficient (Wildman–Crippen LogP) is 3.99. The number of hydrogen-bond acceptors (Lipinski definition) is 6. The lowest BCUT2D eigenvalue weighted by atomic mass is 9.97. The monoisotopic (exact) mass is 431 g/mol. The van der Waals surface area contributed by atoms with Crippen molar-refractivity contribution in [1.29, 1.82) is 0 Å². The van der Waals surface area contributed by atoms with Gasteiger partial charge in [-0.05, 0) is 42.7 Å². The highest BCUT2D eigenvalue weighted by Gasteiger charge is 2.22. The third-order valence-corrected chi connectivity index (χ3v) is 7.76. The second kappa shape index (κ2) is 8.63. The third-order valence-electron chi connectivity index (χ3n) is 4.72. The molecule has 4 rings (SSSR count). The van der Waals surface area contributed by atoms with E-state index >= 15 is 0 Å². The molecule has 3 aromatic rings. The smallest absolute Gasteiger partial charge is 0.263 e. The Morgan fingerprint density at radius 1 is 1.39 bits per heavy atom. The lowest BCUT2D eigenvalue weighted by molar-refractivity contribution is -0.118. The number of thiophene rings is 2. The van der Waals surface area contributed by atoms with Crippen molar-refractivity contribution in [2.75, 3.05) is 5.75 Å². The first-order valence-electron chi connectivity index (χ1n) is 9.25. The van der Waals surface area contributed by atoms with Gasteiger partial charge in [0.15, 0.2) is 5.16 Å². The molecule has 0 bridgehead atoms. The van der Waals surface area contributed by atoms with E-state index in [4.69, 9.17) is 4.98 Å². The minimum atomic E-state index is -0.0663. The van der Waals surface area contributed by atoms with E-state index in [0.29, 0.717) is 18.2 Å². The first-order valence-corrected chi connectivity index (χ1v) is 11.9. The van der Waals surface area contributed by atoms with E-state index in [2.05, 4.69) is 11.9 Å². The summed E-state index contributed by atoms with van der Waals surface area (Å²) in [5.41, 5.74) is 1.18. The fraction of sp³-hybridized carbons (Fsp3) is 0.350. The Morgan fingerprint density at radius 2 is 2.25 bits per heavy atom. The van der Waals surface area contributed by atoms with Crippen LogP contribution in [0.1, 0.15) is 28.2 Å². The Hall–Kier alpha value is -1.90. The van der Waals surface area contributed by atoms with E-state index in [0.717, 1.165) is 34.4 Å². The summed E-state index contributed by atoms with van der Waals surface area (Å²) in [7, 11) is 0. The van der Waals surface area contributed by atoms with Gasteiger partial charge in [-0.1, -0.05) is 23.9 Å². The molecule has 1 aliphatic rings. The summed E-state index contributed by atoms with van der Waals surface area (Å²) < 4.78 is 1.65. The van der Waals surface area contributed by atoms with Gasteiger partial charge in [-0.3, -0.25) is 14.2 Å². The second-order valence-corrected chi connectivity index (χ2v) is 9.69. The predicted molar refractivity (Wildman–Crippen MR) is 118 cm³/mol. The number of carbonyl (C=O) groups excluding carboxylic acids is 1. The Morgan fingerprint density at radius 3 is 3.04 bits per heavy atom. The first kappa shape index (κ1) is 19.4. The molecule has 146 valence electrons. The van der Waals surface area contributed by atoms with Crippen LogP contribution in [0, 0.1) is 0 Å². The minimum Gasteiger partial charge on any atom is -0.350 e. The van der Waals surface area contributed by atoms with Gasteiger partial charge in [0, 0.05) is 16.3 Å². The van der Waals surface area contributed by atoms with Crippen LogP contribution in [0.5, 0.6) is 0 Å². The molecule has 1 aliphatic carbocycles. The molecule has 0 fully saturated rings. The molecule has 28 heavy (non-hydrogen) atoms. The number of nitrogens with one attached hydrogen (secondary N) is 1. The molecule has 5 nitrogen and oxygen atoms in total. The summed E-state index contributed by atoms with van der Waals surface area (Å²) in [5.74, 6) is 0.161. The van der Waals surface area contributed by atoms with E-state index in [1.807, 2.05) is 17.5 Å². The van der Waals surface area contributed by atoms with E-state index in [9.17, 15) is 9.59 Å². The lowest BCUT2D eigenvalue weighted by Crippen LogP contribution is -2.26. The van der Waals surface area contributed by atoms with Crippen molar-refractivity contribution in [2.45, 2.75) is 43.9 Å². The maximum absolute atomic E-state index is 13.2. The van der Waals surface area contributed by atoms with Gasteiger partial charge in [0.1, 0.15) is 4.83 Å². The molecule has 1 N–H and O–H groups in total. The van der Waals surface area contributed by atoms with Crippen LogP contribution < -0.4 is 10.9 Å². The summed E-state index contributed by atoms with van der Waals surface area (Å²) in [6.45, 7) is 4.70. The molecule has 0 saturated heterocycles. The summed E-state index contributed by atoms with van der Waals surface area (Å²) >= 11 is 4.56. The van der Waals surface area contributed by atoms with Crippen LogP contribution in [0.25, 0.3) is 10.2 Å². The second-order valence-electron chi connectivity index (χ2n) is 6.63. The van der Waals surface area contributed by atoms with Gasteiger partial charge in [-0.25, -0.2) is 4.98 Å². The van der Waals surface area contributed by atoms with E-state index in [1.54, 1.807) is 33.3 Å². The molecule has 3 aromatic heterocycles. The van der Waals surface area contributed by atoms with Crippen LogP contribution in [-0.2, 0) is 30.7 Å². The van der Waals surface area contributed by atoms with Crippen molar-refractivity contribution < 1.29 is 4.79 Å². The molecule has 8 heteroatoms. The van der Waals surface area contributed by atoms with Crippen LogP contribution in [0.3, 0.4) is 0 Å². The highest BCUT2D eigenvalue weighted by molar-refractivity contribution is 7.99. The molecular formula is C20H21N3O2S3. The maximum atomic E-state index is 13.2. The largest absolute Gasteiger partial charge is 0.350 e. The maximum Gasteiger partial charge on any atom is 0.263 e. The molecule has 0 atom stereocenters. The zero-order valence-corrected chi connectivity index (χ0v) is 17.9. The molecule has 0 spiro atoms. The standard InChI is InChI=1S/C20H21N3O2S3/c1-2-9-23-19(25)17-14-7-3-4-8-15(14)28-18(17)22-20(23)27-12-16(24)21-11-13-6-5-10-26-13/h2,5-6,10H,1,3-4,7-9,11-12H2,(H,21,24). The number of aryl methyl sites for hydroxylation is 2. The highest BCUT2D eigenvalue weighted by atomic mass is 32.2. The lowest BCUT2D eigenvalue weighted by Gasteiger charge is -2.12. The zero-order valence-electron chi connectivity index (χ0n) is 15.4. The van der Waals surface area contributed by atoms with Gasteiger partial charge >= 0.3 is 0 Å².